The summed E-state index contributed by atoms with van der Waals surface area (Å²) in [7, 11) is 1.90. The Kier molecular flexibility index (Phi) is 4.08. The van der Waals surface area contributed by atoms with Crippen LogP contribution in [0.5, 0.6) is 0 Å². The molecule has 0 aliphatic rings. The number of likely N-dealkylation sites (N-methyl/N-ethyl adjacent to an activating group) is 1. The van der Waals surface area contributed by atoms with Crippen LogP contribution in [0.15, 0.2) is 57.4 Å². The zero-order chi connectivity index (χ0) is 14.8. The number of hydrogen-bond acceptors (Lipinski definition) is 2. The molecule has 1 N–H and O–H groups in total. The van der Waals surface area contributed by atoms with E-state index < -0.39 is 0 Å². The lowest BCUT2D eigenvalue weighted by molar-refractivity contribution is 0.450. The highest BCUT2D eigenvalue weighted by molar-refractivity contribution is 9.10. The summed E-state index contributed by atoms with van der Waals surface area (Å²) < 4.78 is 19.8. The van der Waals surface area contributed by atoms with Crippen molar-refractivity contribution < 1.29 is 8.81 Å². The Morgan fingerprint density at radius 1 is 1.19 bits per heavy atom. The fourth-order valence-electron chi connectivity index (χ4n) is 2.43. The summed E-state index contributed by atoms with van der Waals surface area (Å²) in [5.41, 5.74) is 1.92. The molecule has 4 heteroatoms. The second-order valence-electron chi connectivity index (χ2n) is 4.97. The fraction of sp³-hybridized carbons (Fsp3) is 0.176. The van der Waals surface area contributed by atoms with Crippen molar-refractivity contribution in [2.75, 3.05) is 7.05 Å². The molecule has 108 valence electrons. The molecule has 0 radical (unpaired) electrons. The number of nitrogens with one attached hydrogen (secondary N) is 1. The van der Waals surface area contributed by atoms with Crippen molar-refractivity contribution in [1.29, 1.82) is 0 Å². The van der Waals surface area contributed by atoms with Gasteiger partial charge in [-0.1, -0.05) is 40.2 Å². The molecule has 2 nitrogen and oxygen atoms in total. The minimum atomic E-state index is -0.240. The summed E-state index contributed by atoms with van der Waals surface area (Å²) >= 11 is 3.41. The maximum Gasteiger partial charge on any atom is 0.134 e. The van der Waals surface area contributed by atoms with Crippen molar-refractivity contribution in [3.63, 3.8) is 0 Å². The molecule has 0 bridgehead atoms. The highest BCUT2D eigenvalue weighted by atomic mass is 79.9. The Hall–Kier alpha value is -1.65. The standard InChI is InChI=1S/C17H15BrFNO/c1-20-15(8-11-6-7-13(19)10-14(11)18)17-9-12-4-2-3-5-16(12)21-17/h2-7,9-10,15,20H,8H2,1H3. The molecule has 0 aliphatic carbocycles. The number of rotatable bonds is 4. The third kappa shape index (κ3) is 3.01. The molecule has 0 spiro atoms. The Morgan fingerprint density at radius 2 is 2.00 bits per heavy atom. The van der Waals surface area contributed by atoms with Gasteiger partial charge in [0.15, 0.2) is 0 Å². The number of furan rings is 1. The topological polar surface area (TPSA) is 25.2 Å². The smallest absolute Gasteiger partial charge is 0.134 e. The highest BCUT2D eigenvalue weighted by Gasteiger charge is 2.16. The lowest BCUT2D eigenvalue weighted by atomic mass is 10.0. The van der Waals surface area contributed by atoms with Crippen LogP contribution >= 0.6 is 15.9 Å². The van der Waals surface area contributed by atoms with E-state index in [4.69, 9.17) is 4.42 Å². The molecular weight excluding hydrogens is 333 g/mol. The lowest BCUT2D eigenvalue weighted by Crippen LogP contribution is -2.18. The summed E-state index contributed by atoms with van der Waals surface area (Å²) in [6.45, 7) is 0. The van der Waals surface area contributed by atoms with Crippen LogP contribution in [0.1, 0.15) is 17.4 Å². The van der Waals surface area contributed by atoms with Crippen molar-refractivity contribution in [2.45, 2.75) is 12.5 Å². The molecule has 1 unspecified atom stereocenters. The first-order chi connectivity index (χ1) is 10.2. The van der Waals surface area contributed by atoms with Gasteiger partial charge in [-0.2, -0.15) is 0 Å². The van der Waals surface area contributed by atoms with E-state index >= 15 is 0 Å². The molecule has 0 saturated carbocycles. The van der Waals surface area contributed by atoms with Gasteiger partial charge in [-0.25, -0.2) is 4.39 Å². The largest absolute Gasteiger partial charge is 0.459 e. The minimum absolute atomic E-state index is 0.0409. The molecule has 0 fully saturated rings. The van der Waals surface area contributed by atoms with Crippen molar-refractivity contribution >= 4 is 26.9 Å². The predicted molar refractivity (Wildman–Crippen MR) is 85.8 cm³/mol. The molecule has 1 aromatic heterocycles. The van der Waals surface area contributed by atoms with Crippen LogP contribution in [0.2, 0.25) is 0 Å². The van der Waals surface area contributed by atoms with E-state index in [-0.39, 0.29) is 11.9 Å². The number of hydrogen-bond donors (Lipinski definition) is 1. The van der Waals surface area contributed by atoms with Crippen LogP contribution in [-0.2, 0) is 6.42 Å². The molecule has 2 aromatic carbocycles. The van der Waals surface area contributed by atoms with E-state index in [1.165, 1.54) is 12.1 Å². The Balaban J connectivity index is 1.90. The van der Waals surface area contributed by atoms with Crippen LogP contribution in [0.25, 0.3) is 11.0 Å². The summed E-state index contributed by atoms with van der Waals surface area (Å²) in [6, 6.07) is 14.8. The fourth-order valence-corrected chi connectivity index (χ4v) is 2.94. The second kappa shape index (κ2) is 6.00. The van der Waals surface area contributed by atoms with Crippen LogP contribution in [0.3, 0.4) is 0 Å². The number of benzene rings is 2. The third-order valence-corrected chi connectivity index (χ3v) is 4.31. The van der Waals surface area contributed by atoms with Gasteiger partial charge in [0.1, 0.15) is 17.2 Å². The number of para-hydroxylation sites is 1. The van der Waals surface area contributed by atoms with Gasteiger partial charge in [0, 0.05) is 9.86 Å². The van der Waals surface area contributed by atoms with Gasteiger partial charge in [0.05, 0.1) is 6.04 Å². The van der Waals surface area contributed by atoms with Gasteiger partial charge in [-0.05, 0) is 43.3 Å². The van der Waals surface area contributed by atoms with E-state index in [2.05, 4.69) is 21.2 Å². The lowest BCUT2D eigenvalue weighted by Gasteiger charge is -2.14. The van der Waals surface area contributed by atoms with E-state index in [1.807, 2.05) is 37.4 Å². The normalized spacial score (nSPS) is 12.7. The van der Waals surface area contributed by atoms with Gasteiger partial charge in [0.2, 0.25) is 0 Å². The highest BCUT2D eigenvalue weighted by Crippen LogP contribution is 2.28. The minimum Gasteiger partial charge on any atom is -0.459 e. The summed E-state index contributed by atoms with van der Waals surface area (Å²) in [6.07, 6.45) is 0.719. The quantitative estimate of drug-likeness (QED) is 0.730. The summed E-state index contributed by atoms with van der Waals surface area (Å²) in [5, 5.41) is 4.35. The second-order valence-corrected chi connectivity index (χ2v) is 5.82. The van der Waals surface area contributed by atoms with Gasteiger partial charge < -0.3 is 9.73 Å². The first kappa shape index (κ1) is 14.3. The Labute approximate surface area is 131 Å². The van der Waals surface area contributed by atoms with Crippen LogP contribution in [0.4, 0.5) is 4.39 Å². The number of fused-ring (bicyclic) bond motifs is 1. The Bertz CT molecular complexity index is 735. The zero-order valence-corrected chi connectivity index (χ0v) is 13.2. The van der Waals surface area contributed by atoms with Crippen molar-refractivity contribution in [2.24, 2.45) is 0 Å². The third-order valence-electron chi connectivity index (χ3n) is 3.58. The first-order valence-corrected chi connectivity index (χ1v) is 7.56. The maximum atomic E-state index is 13.2. The van der Waals surface area contributed by atoms with E-state index in [1.54, 1.807) is 6.07 Å². The van der Waals surface area contributed by atoms with Crippen LogP contribution in [-0.4, -0.2) is 7.05 Å². The molecule has 3 aromatic rings. The van der Waals surface area contributed by atoms with Crippen LogP contribution in [0, 0.1) is 5.82 Å². The van der Waals surface area contributed by atoms with Crippen molar-refractivity contribution in [3.05, 3.63) is 70.1 Å². The van der Waals surface area contributed by atoms with Gasteiger partial charge in [-0.15, -0.1) is 0 Å². The predicted octanol–water partition coefficient (Wildman–Crippen LogP) is 4.84. The zero-order valence-electron chi connectivity index (χ0n) is 11.6. The van der Waals surface area contributed by atoms with E-state index in [0.717, 1.165) is 33.2 Å². The monoisotopic (exact) mass is 347 g/mol. The average Bonchev–Trinajstić information content (AvgIpc) is 2.90. The molecule has 0 aliphatic heterocycles. The molecule has 21 heavy (non-hydrogen) atoms. The average molecular weight is 348 g/mol. The van der Waals surface area contributed by atoms with E-state index in [0.29, 0.717) is 0 Å². The summed E-state index contributed by atoms with van der Waals surface area (Å²) in [5.74, 6) is 0.644. The van der Waals surface area contributed by atoms with Crippen molar-refractivity contribution in [3.8, 4) is 0 Å². The molecule has 3 rings (SSSR count). The van der Waals surface area contributed by atoms with Crippen molar-refractivity contribution in [1.82, 2.24) is 5.32 Å². The molecule has 1 atom stereocenters. The SMILES string of the molecule is CNC(Cc1ccc(F)cc1Br)c1cc2ccccc2o1. The molecular formula is C17H15BrFNO. The van der Waals surface area contributed by atoms with Gasteiger partial charge in [0.25, 0.3) is 0 Å². The first-order valence-electron chi connectivity index (χ1n) is 6.77. The number of halogens is 2. The summed E-state index contributed by atoms with van der Waals surface area (Å²) in [4.78, 5) is 0. The Morgan fingerprint density at radius 3 is 2.71 bits per heavy atom. The molecule has 0 saturated heterocycles. The maximum absolute atomic E-state index is 13.2. The van der Waals surface area contributed by atoms with Gasteiger partial charge >= 0.3 is 0 Å². The van der Waals surface area contributed by atoms with E-state index in [9.17, 15) is 4.39 Å². The molecule has 1 heterocycles. The van der Waals surface area contributed by atoms with Gasteiger partial charge in [-0.3, -0.25) is 0 Å². The molecule has 0 amide bonds. The van der Waals surface area contributed by atoms with Crippen LogP contribution < -0.4 is 5.32 Å².